The fraction of sp³-hybridized carbons (Fsp3) is 0.593. The third-order valence-corrected chi connectivity index (χ3v) is 8.19. The molecule has 3 saturated heterocycles. The number of aromatic nitrogens is 2. The maximum Gasteiger partial charge on any atom is 0.416 e. The molecule has 6 rings (SSSR count). The standard InChI is InChI=1S/C27H30F5N5O2/c28-26(29)9-11-35(15-26)24(18-2-1-3-19(12-18)27(30,31)32)25(38)36-10-8-20-6-7-23(37(20)16-36)39-22-14-33-21(13-34-22)17-4-5-17/h1-3,12-14,17,20,23-24H,4-11,15-16H2/t20-,23-,24?/m0/s1. The highest BCUT2D eigenvalue weighted by Gasteiger charge is 2.47. The Morgan fingerprint density at radius 2 is 1.87 bits per heavy atom. The molecule has 1 aromatic heterocycles. The SMILES string of the molecule is O=C(C(c1cccc(C(F)(F)F)c1)N1CCC(F)(F)C1)N1CC[C@@H]2CC[C@H](Oc3cnc(C4CC4)cn3)N2C1. The van der Waals surface area contributed by atoms with Crippen molar-refractivity contribution >= 4 is 5.91 Å². The van der Waals surface area contributed by atoms with Gasteiger partial charge in [0.1, 0.15) is 6.04 Å². The van der Waals surface area contributed by atoms with Gasteiger partial charge >= 0.3 is 6.18 Å². The minimum atomic E-state index is -4.61. The van der Waals surface area contributed by atoms with E-state index in [-0.39, 0.29) is 31.0 Å². The lowest BCUT2D eigenvalue weighted by molar-refractivity contribution is -0.145. The van der Waals surface area contributed by atoms with Crippen LogP contribution in [0.4, 0.5) is 22.0 Å². The van der Waals surface area contributed by atoms with Gasteiger partial charge in [0.25, 0.3) is 5.92 Å². The zero-order valence-electron chi connectivity index (χ0n) is 21.3. The molecule has 7 nitrogen and oxygen atoms in total. The van der Waals surface area contributed by atoms with E-state index in [1.165, 1.54) is 17.0 Å². The minimum absolute atomic E-state index is 0.0647. The smallest absolute Gasteiger partial charge is 0.416 e. The van der Waals surface area contributed by atoms with Crippen LogP contribution < -0.4 is 4.74 Å². The van der Waals surface area contributed by atoms with E-state index in [0.717, 1.165) is 43.5 Å². The zero-order valence-corrected chi connectivity index (χ0v) is 21.3. The van der Waals surface area contributed by atoms with Crippen molar-refractivity contribution in [1.29, 1.82) is 0 Å². The molecule has 1 aromatic carbocycles. The summed E-state index contributed by atoms with van der Waals surface area (Å²) in [4.78, 5) is 27.6. The first-order chi connectivity index (χ1) is 18.6. The van der Waals surface area contributed by atoms with Crippen LogP contribution in [0.2, 0.25) is 0 Å². The Morgan fingerprint density at radius 1 is 1.05 bits per heavy atom. The first-order valence-electron chi connectivity index (χ1n) is 13.4. The van der Waals surface area contributed by atoms with Gasteiger partial charge in [0.2, 0.25) is 11.8 Å². The van der Waals surface area contributed by atoms with Crippen molar-refractivity contribution < 1.29 is 31.5 Å². The monoisotopic (exact) mass is 551 g/mol. The summed E-state index contributed by atoms with van der Waals surface area (Å²) in [7, 11) is 0. The average molecular weight is 552 g/mol. The normalized spacial score (nSPS) is 26.4. The summed E-state index contributed by atoms with van der Waals surface area (Å²) in [6, 6.07) is 3.39. The molecule has 1 unspecified atom stereocenters. The molecule has 2 aromatic rings. The number of ether oxygens (including phenoxy) is 1. The number of rotatable bonds is 6. The van der Waals surface area contributed by atoms with Crippen LogP contribution in [0.3, 0.4) is 0 Å². The molecule has 1 aliphatic carbocycles. The molecule has 3 aliphatic heterocycles. The summed E-state index contributed by atoms with van der Waals surface area (Å²) in [5.41, 5.74) is 0.105. The maximum atomic E-state index is 14.2. The molecule has 4 fully saturated rings. The largest absolute Gasteiger partial charge is 0.457 e. The molecule has 0 bridgehead atoms. The predicted molar refractivity (Wildman–Crippen MR) is 130 cm³/mol. The molecular weight excluding hydrogens is 521 g/mol. The van der Waals surface area contributed by atoms with E-state index in [1.807, 2.05) is 0 Å². The van der Waals surface area contributed by atoms with Crippen LogP contribution in [0.15, 0.2) is 36.7 Å². The second kappa shape index (κ2) is 9.96. The number of hydrogen-bond donors (Lipinski definition) is 0. The van der Waals surface area contributed by atoms with E-state index in [2.05, 4.69) is 14.9 Å². The van der Waals surface area contributed by atoms with E-state index >= 15 is 0 Å². The van der Waals surface area contributed by atoms with Gasteiger partial charge < -0.3 is 9.64 Å². The Balaban J connectivity index is 1.21. The molecule has 1 amide bonds. The number of carbonyl (C=O) groups is 1. The third kappa shape index (κ3) is 5.58. The van der Waals surface area contributed by atoms with E-state index in [0.29, 0.717) is 24.8 Å². The van der Waals surface area contributed by atoms with Crippen LogP contribution >= 0.6 is 0 Å². The second-order valence-corrected chi connectivity index (χ2v) is 11.0. The molecule has 12 heteroatoms. The van der Waals surface area contributed by atoms with Crippen LogP contribution in [-0.4, -0.2) is 75.1 Å². The Hall–Kier alpha value is -2.86. The lowest BCUT2D eigenvalue weighted by atomic mass is 10.00. The van der Waals surface area contributed by atoms with Crippen molar-refractivity contribution in [2.75, 3.05) is 26.3 Å². The zero-order chi connectivity index (χ0) is 27.4. The molecule has 1 saturated carbocycles. The van der Waals surface area contributed by atoms with Crippen LogP contribution in [0.25, 0.3) is 0 Å². The number of carbonyl (C=O) groups excluding carboxylic acids is 1. The molecule has 39 heavy (non-hydrogen) atoms. The Bertz CT molecular complexity index is 1210. The van der Waals surface area contributed by atoms with Gasteiger partial charge in [0.05, 0.1) is 36.9 Å². The summed E-state index contributed by atoms with van der Waals surface area (Å²) < 4.78 is 74.9. The van der Waals surface area contributed by atoms with Crippen LogP contribution in [-0.2, 0) is 11.0 Å². The van der Waals surface area contributed by atoms with Crippen molar-refractivity contribution in [3.63, 3.8) is 0 Å². The molecule has 0 N–H and O–H groups in total. The number of alkyl halides is 5. The minimum Gasteiger partial charge on any atom is -0.457 e. The average Bonchev–Trinajstić information content (AvgIpc) is 3.59. The van der Waals surface area contributed by atoms with Crippen molar-refractivity contribution in [2.45, 2.75) is 74.9 Å². The number of halogens is 5. The fourth-order valence-corrected chi connectivity index (χ4v) is 5.96. The van der Waals surface area contributed by atoms with Crippen LogP contribution in [0.5, 0.6) is 5.88 Å². The number of likely N-dealkylation sites (tertiary alicyclic amines) is 1. The van der Waals surface area contributed by atoms with E-state index < -0.39 is 42.6 Å². The summed E-state index contributed by atoms with van der Waals surface area (Å²) in [6.45, 7) is -0.175. The first kappa shape index (κ1) is 26.4. The molecular formula is C27H30F5N5O2. The highest BCUT2D eigenvalue weighted by Crippen LogP contribution is 2.40. The van der Waals surface area contributed by atoms with Gasteiger partial charge in [-0.15, -0.1) is 0 Å². The number of benzene rings is 1. The van der Waals surface area contributed by atoms with Gasteiger partial charge in [-0.2, -0.15) is 13.2 Å². The maximum absolute atomic E-state index is 14.2. The molecule has 4 aliphatic rings. The van der Waals surface area contributed by atoms with Gasteiger partial charge in [0, 0.05) is 31.5 Å². The van der Waals surface area contributed by atoms with Gasteiger partial charge in [-0.1, -0.05) is 12.1 Å². The van der Waals surface area contributed by atoms with E-state index in [1.54, 1.807) is 17.3 Å². The molecule has 0 radical (unpaired) electrons. The number of fused-ring (bicyclic) bond motifs is 1. The van der Waals surface area contributed by atoms with Crippen molar-refractivity contribution in [2.24, 2.45) is 0 Å². The lowest BCUT2D eigenvalue weighted by Crippen LogP contribution is -2.55. The highest BCUT2D eigenvalue weighted by atomic mass is 19.4. The molecule has 210 valence electrons. The summed E-state index contributed by atoms with van der Waals surface area (Å²) >= 11 is 0. The fourth-order valence-electron chi connectivity index (χ4n) is 5.96. The lowest BCUT2D eigenvalue weighted by Gasteiger charge is -2.42. The Morgan fingerprint density at radius 3 is 2.54 bits per heavy atom. The van der Waals surface area contributed by atoms with Gasteiger partial charge in [-0.3, -0.25) is 14.7 Å². The second-order valence-electron chi connectivity index (χ2n) is 11.0. The van der Waals surface area contributed by atoms with Crippen molar-refractivity contribution in [1.82, 2.24) is 24.7 Å². The molecule has 4 heterocycles. The molecule has 3 atom stereocenters. The van der Waals surface area contributed by atoms with Gasteiger partial charge in [0.15, 0.2) is 6.23 Å². The number of nitrogens with zero attached hydrogens (tertiary/aromatic N) is 5. The van der Waals surface area contributed by atoms with E-state index in [4.69, 9.17) is 4.74 Å². The predicted octanol–water partition coefficient (Wildman–Crippen LogP) is 4.81. The summed E-state index contributed by atoms with van der Waals surface area (Å²) in [5, 5.41) is 0. The van der Waals surface area contributed by atoms with Crippen molar-refractivity contribution in [3.8, 4) is 5.88 Å². The quantitative estimate of drug-likeness (QED) is 0.481. The summed E-state index contributed by atoms with van der Waals surface area (Å²) in [5.74, 6) is -2.61. The Labute approximate surface area is 222 Å². The van der Waals surface area contributed by atoms with Crippen LogP contribution in [0.1, 0.15) is 67.3 Å². The third-order valence-electron chi connectivity index (χ3n) is 8.19. The van der Waals surface area contributed by atoms with Gasteiger partial charge in [-0.05, 0) is 49.8 Å². The van der Waals surface area contributed by atoms with Gasteiger partial charge in [-0.25, -0.2) is 18.7 Å². The summed E-state index contributed by atoms with van der Waals surface area (Å²) in [6.07, 6.45) is 2.45. The van der Waals surface area contributed by atoms with Crippen LogP contribution in [0, 0.1) is 0 Å². The van der Waals surface area contributed by atoms with E-state index in [9.17, 15) is 26.7 Å². The molecule has 0 spiro atoms. The number of hydrogen-bond acceptors (Lipinski definition) is 6. The Kier molecular flexibility index (Phi) is 6.73. The first-order valence-corrected chi connectivity index (χ1v) is 13.4. The van der Waals surface area contributed by atoms with Crippen molar-refractivity contribution in [3.05, 3.63) is 53.5 Å². The number of amides is 1. The topological polar surface area (TPSA) is 61.8 Å². The highest BCUT2D eigenvalue weighted by molar-refractivity contribution is 5.83.